The van der Waals surface area contributed by atoms with Crippen LogP contribution < -0.4 is 0 Å². The summed E-state index contributed by atoms with van der Waals surface area (Å²) in [6.07, 6.45) is 5.27. The lowest BCUT2D eigenvalue weighted by molar-refractivity contribution is 0.00254. The van der Waals surface area contributed by atoms with E-state index < -0.39 is 11.8 Å². The van der Waals surface area contributed by atoms with Crippen molar-refractivity contribution in [2.75, 3.05) is 6.61 Å². The van der Waals surface area contributed by atoms with Crippen molar-refractivity contribution in [1.82, 2.24) is 19.2 Å². The van der Waals surface area contributed by atoms with E-state index in [0.29, 0.717) is 29.8 Å². The van der Waals surface area contributed by atoms with Crippen molar-refractivity contribution in [1.29, 1.82) is 5.26 Å². The summed E-state index contributed by atoms with van der Waals surface area (Å²) in [4.78, 5) is 17.7. The first-order valence-electron chi connectivity index (χ1n) is 11.3. The normalized spacial score (nSPS) is 22.8. The van der Waals surface area contributed by atoms with Crippen LogP contribution in [0.25, 0.3) is 28.0 Å². The number of nitrogens with zero attached hydrogens (tertiary/aromatic N) is 5. The number of Topliss-reactive ketones (excluding diaryl/α,β-unsaturated/α-hetero) is 1. The second-order valence-electron chi connectivity index (χ2n) is 9.95. The number of pyridine rings is 1. The van der Waals surface area contributed by atoms with Crippen molar-refractivity contribution in [3.63, 3.8) is 0 Å². The van der Waals surface area contributed by atoms with Gasteiger partial charge in [0.2, 0.25) is 5.95 Å². The van der Waals surface area contributed by atoms with Crippen molar-refractivity contribution < 1.29 is 18.3 Å². The van der Waals surface area contributed by atoms with Gasteiger partial charge in [-0.2, -0.15) is 9.65 Å². The largest absolute Gasteiger partial charge is 0.375 e. The Morgan fingerprint density at radius 2 is 2.00 bits per heavy atom. The van der Waals surface area contributed by atoms with Crippen molar-refractivity contribution in [3.8, 4) is 28.5 Å². The summed E-state index contributed by atoms with van der Waals surface area (Å²) in [7, 11) is 1.58. The molecule has 7 rings (SSSR count). The lowest BCUT2D eigenvalue weighted by Gasteiger charge is -2.42. The van der Waals surface area contributed by atoms with Gasteiger partial charge in [-0.3, -0.25) is 13.9 Å². The number of halogens is 2. The van der Waals surface area contributed by atoms with Gasteiger partial charge in [0.15, 0.2) is 11.5 Å². The highest BCUT2D eigenvalue weighted by Gasteiger charge is 2.60. The molecule has 9 heteroatoms. The summed E-state index contributed by atoms with van der Waals surface area (Å²) in [6, 6.07) is 9.32. The molecule has 0 spiro atoms. The molecule has 2 aliphatic heterocycles. The summed E-state index contributed by atoms with van der Waals surface area (Å²) in [5, 5.41) is 13.6. The fourth-order valence-corrected chi connectivity index (χ4v) is 5.79. The number of aryl methyl sites for hydroxylation is 1. The van der Waals surface area contributed by atoms with Crippen molar-refractivity contribution in [2.45, 2.75) is 31.8 Å². The second kappa shape index (κ2) is 7.30. The molecule has 7 nitrogen and oxygen atoms in total. The number of hydrogen-bond acceptors (Lipinski definition) is 5. The second-order valence-corrected chi connectivity index (χ2v) is 9.95. The highest BCUT2D eigenvalue weighted by atomic mass is 19.1. The fourth-order valence-electron chi connectivity index (χ4n) is 5.79. The zero-order valence-electron chi connectivity index (χ0n) is 19.2. The molecule has 0 atom stereocenters. The van der Waals surface area contributed by atoms with Gasteiger partial charge in [-0.25, -0.2) is 9.37 Å². The van der Waals surface area contributed by atoms with Crippen LogP contribution in [0, 0.1) is 28.5 Å². The van der Waals surface area contributed by atoms with Gasteiger partial charge in [0.05, 0.1) is 17.8 Å². The molecule has 176 valence electrons. The molecule has 0 unspecified atom stereocenters. The average Bonchev–Trinajstić information content (AvgIpc) is 3.52. The first-order chi connectivity index (χ1) is 16.7. The third-order valence-electron chi connectivity index (χ3n) is 7.12. The number of rotatable bonds is 5. The molecule has 2 saturated heterocycles. The minimum absolute atomic E-state index is 0.00742. The molecule has 4 aromatic rings. The maximum absolute atomic E-state index is 14.5. The van der Waals surface area contributed by atoms with Gasteiger partial charge in [-0.1, -0.05) is 6.07 Å². The lowest BCUT2D eigenvalue weighted by atomic mass is 9.61. The van der Waals surface area contributed by atoms with Crippen LogP contribution in [0.3, 0.4) is 0 Å². The molecule has 0 amide bonds. The molecule has 5 heterocycles. The minimum atomic E-state index is -0.710. The number of imidazole rings is 1. The zero-order chi connectivity index (χ0) is 24.5. The maximum Gasteiger partial charge on any atom is 0.240 e. The number of aromatic nitrogens is 4. The monoisotopic (exact) mass is 473 g/mol. The number of fused-ring (bicyclic) bond motifs is 2. The molecule has 1 aliphatic carbocycles. The number of hydrogen-bond donors (Lipinski definition) is 0. The molecule has 3 aliphatic rings. The summed E-state index contributed by atoms with van der Waals surface area (Å²) in [6.45, 7) is 2.67. The summed E-state index contributed by atoms with van der Waals surface area (Å²) in [5.74, 6) is -1.26. The van der Waals surface area contributed by atoms with E-state index in [2.05, 4.69) is 23.1 Å². The average molecular weight is 473 g/mol. The predicted octanol–water partition coefficient (Wildman–Crippen LogP) is 4.69. The van der Waals surface area contributed by atoms with Gasteiger partial charge in [-0.05, 0) is 49.6 Å². The van der Waals surface area contributed by atoms with Gasteiger partial charge in [0.1, 0.15) is 23.2 Å². The van der Waals surface area contributed by atoms with Crippen LogP contribution in [0.2, 0.25) is 0 Å². The first-order valence-corrected chi connectivity index (χ1v) is 11.3. The standard InChI is InChI=1S/C26H21F2N5O2/c1-25-12-26(13-25,14-35-25)9-21(34)15-5-6-33-20(10-29)23(30-22(33)7-15)18-8-16(27)3-4-17(18)19-11-32(2)31-24(19)28/h3-8,11H,9,12-14H2,1-2H3. The van der Waals surface area contributed by atoms with Gasteiger partial charge < -0.3 is 4.74 Å². The number of carbonyl (C=O) groups excluding carboxylic acids is 1. The molecule has 0 radical (unpaired) electrons. The Balaban J connectivity index is 1.42. The molecule has 35 heavy (non-hydrogen) atoms. The van der Waals surface area contributed by atoms with E-state index in [1.54, 1.807) is 29.8 Å². The Labute approximate surface area is 199 Å². The predicted molar refractivity (Wildman–Crippen MR) is 122 cm³/mol. The summed E-state index contributed by atoms with van der Waals surface area (Å²) < 4.78 is 37.5. The number of benzene rings is 1. The van der Waals surface area contributed by atoms with E-state index in [0.717, 1.165) is 12.8 Å². The van der Waals surface area contributed by atoms with Crippen LogP contribution in [-0.4, -0.2) is 37.2 Å². The van der Waals surface area contributed by atoms with E-state index in [1.165, 1.54) is 29.1 Å². The smallest absolute Gasteiger partial charge is 0.240 e. The van der Waals surface area contributed by atoms with E-state index in [4.69, 9.17) is 4.74 Å². The Morgan fingerprint density at radius 3 is 2.66 bits per heavy atom. The summed E-state index contributed by atoms with van der Waals surface area (Å²) in [5.41, 5.74) is 1.84. The van der Waals surface area contributed by atoms with Crippen LogP contribution in [0.5, 0.6) is 0 Å². The Kier molecular flexibility index (Phi) is 4.51. The first kappa shape index (κ1) is 21.6. The van der Waals surface area contributed by atoms with Crippen LogP contribution in [-0.2, 0) is 11.8 Å². The van der Waals surface area contributed by atoms with Crippen molar-refractivity contribution in [3.05, 3.63) is 65.7 Å². The van der Waals surface area contributed by atoms with Crippen LogP contribution in [0.1, 0.15) is 42.2 Å². The number of ether oxygens (including phenoxy) is 1. The van der Waals surface area contributed by atoms with Crippen molar-refractivity contribution >= 4 is 11.4 Å². The zero-order valence-corrected chi connectivity index (χ0v) is 19.2. The SMILES string of the molecule is Cn1cc(-c2ccc(F)cc2-c2nc3cc(C(=O)CC45COC(C)(C4)C5)ccn3c2C#N)c(F)n1. The molecule has 1 saturated carbocycles. The van der Waals surface area contributed by atoms with E-state index in [9.17, 15) is 18.8 Å². The third-order valence-corrected chi connectivity index (χ3v) is 7.12. The van der Waals surface area contributed by atoms with Gasteiger partial charge in [-0.15, -0.1) is 5.10 Å². The lowest BCUT2D eigenvalue weighted by Crippen LogP contribution is -2.42. The highest BCUT2D eigenvalue weighted by molar-refractivity contribution is 5.97. The van der Waals surface area contributed by atoms with Crippen LogP contribution in [0.15, 0.2) is 42.7 Å². The van der Waals surface area contributed by atoms with Gasteiger partial charge >= 0.3 is 0 Å². The Morgan fingerprint density at radius 1 is 1.20 bits per heavy atom. The van der Waals surface area contributed by atoms with E-state index >= 15 is 0 Å². The van der Waals surface area contributed by atoms with Crippen LogP contribution >= 0.6 is 0 Å². The Bertz CT molecular complexity index is 1570. The van der Waals surface area contributed by atoms with Crippen LogP contribution in [0.4, 0.5) is 8.78 Å². The number of ketones is 1. The fraction of sp³-hybridized carbons (Fsp3) is 0.308. The quantitative estimate of drug-likeness (QED) is 0.393. The molecular weight excluding hydrogens is 452 g/mol. The number of carbonyl (C=O) groups is 1. The Hall–Kier alpha value is -3.90. The van der Waals surface area contributed by atoms with E-state index in [1.807, 2.05) is 0 Å². The summed E-state index contributed by atoms with van der Waals surface area (Å²) >= 11 is 0. The van der Waals surface area contributed by atoms with E-state index in [-0.39, 0.29) is 39.3 Å². The topological polar surface area (TPSA) is 85.2 Å². The molecule has 2 bridgehead atoms. The molecule has 3 aromatic heterocycles. The molecular formula is C26H21F2N5O2. The third kappa shape index (κ3) is 3.36. The maximum atomic E-state index is 14.5. The number of nitriles is 1. The molecule has 1 aromatic carbocycles. The van der Waals surface area contributed by atoms with Crippen molar-refractivity contribution in [2.24, 2.45) is 12.5 Å². The molecule has 3 fully saturated rings. The molecule has 0 N–H and O–H groups in total. The highest BCUT2D eigenvalue weighted by Crippen LogP contribution is 2.59. The minimum Gasteiger partial charge on any atom is -0.375 e. The van der Waals surface area contributed by atoms with Gasteiger partial charge in [0.25, 0.3) is 0 Å². The van der Waals surface area contributed by atoms with Gasteiger partial charge in [0, 0.05) is 42.4 Å².